The van der Waals surface area contributed by atoms with Crippen LogP contribution in [0.5, 0.6) is 5.75 Å². The summed E-state index contributed by atoms with van der Waals surface area (Å²) in [6.45, 7) is 3.43. The predicted molar refractivity (Wildman–Crippen MR) is 101 cm³/mol. The first-order chi connectivity index (χ1) is 12.7. The quantitative estimate of drug-likeness (QED) is 0.811. The van der Waals surface area contributed by atoms with Crippen LogP contribution in [0, 0.1) is 17.8 Å². The van der Waals surface area contributed by atoms with Gasteiger partial charge in [0.15, 0.2) is 0 Å². The van der Waals surface area contributed by atoms with Gasteiger partial charge in [-0.3, -0.25) is 0 Å². The Morgan fingerprint density at radius 1 is 1.12 bits per heavy atom. The van der Waals surface area contributed by atoms with E-state index >= 15 is 0 Å². The first-order valence-corrected chi connectivity index (χ1v) is 10.1. The molecule has 4 fully saturated rings. The average molecular weight is 352 g/mol. The number of hydrogen-bond acceptors (Lipinski definition) is 4. The van der Waals surface area contributed by atoms with Crippen LogP contribution in [-0.2, 0) is 6.54 Å². The van der Waals surface area contributed by atoms with Gasteiger partial charge in [-0.15, -0.1) is 0 Å². The van der Waals surface area contributed by atoms with Crippen LogP contribution in [0.3, 0.4) is 0 Å². The van der Waals surface area contributed by atoms with E-state index < -0.39 is 0 Å². The van der Waals surface area contributed by atoms with Gasteiger partial charge in [-0.25, -0.2) is 4.98 Å². The van der Waals surface area contributed by atoms with Crippen molar-refractivity contribution in [3.63, 3.8) is 0 Å². The normalized spacial score (nSPS) is 32.1. The monoisotopic (exact) mass is 352 g/mol. The van der Waals surface area contributed by atoms with E-state index in [1.807, 2.05) is 31.2 Å². The molecule has 1 aromatic heterocycles. The fourth-order valence-corrected chi connectivity index (χ4v) is 6.04. The summed E-state index contributed by atoms with van der Waals surface area (Å²) in [5, 5.41) is 3.89. The summed E-state index contributed by atoms with van der Waals surface area (Å²) >= 11 is 0. The average Bonchev–Trinajstić information content (AvgIpc) is 3.09. The molecule has 0 amide bonds. The Morgan fingerprint density at radius 3 is 2.50 bits per heavy atom. The minimum atomic E-state index is 0.358. The Balaban J connectivity index is 1.30. The van der Waals surface area contributed by atoms with E-state index in [-0.39, 0.29) is 0 Å². The molecule has 0 spiro atoms. The zero-order chi connectivity index (χ0) is 17.6. The zero-order valence-corrected chi connectivity index (χ0v) is 15.5. The summed E-state index contributed by atoms with van der Waals surface area (Å²) in [6.07, 6.45) is 10.3. The maximum atomic E-state index is 5.78. The summed E-state index contributed by atoms with van der Waals surface area (Å²) in [4.78, 5) is 4.73. The number of hydrogen-bond donors (Lipinski definition) is 1. The molecule has 4 bridgehead atoms. The number of nitrogens with zero attached hydrogens (tertiary/aromatic N) is 1. The van der Waals surface area contributed by atoms with Crippen LogP contribution in [0.2, 0.25) is 0 Å². The Morgan fingerprint density at radius 2 is 1.81 bits per heavy atom. The highest BCUT2D eigenvalue weighted by atomic mass is 16.5. The standard InChI is InChI=1S/C22H28N2O2/c1-2-25-20-6-4-3-5-19(20)21-24-18(14-26-21)13-23-22-10-15-7-16(11-22)9-17(8-15)12-22/h3-6,14-17,23H,2,7-13H2,1H3. The van der Waals surface area contributed by atoms with Gasteiger partial charge < -0.3 is 14.5 Å². The molecule has 138 valence electrons. The summed E-state index contributed by atoms with van der Waals surface area (Å²) in [5.74, 6) is 4.35. The lowest BCUT2D eigenvalue weighted by atomic mass is 9.53. The van der Waals surface area contributed by atoms with Gasteiger partial charge in [0.2, 0.25) is 5.89 Å². The molecular weight excluding hydrogens is 324 g/mol. The largest absolute Gasteiger partial charge is 0.493 e. The van der Waals surface area contributed by atoms with Crippen LogP contribution in [0.1, 0.15) is 51.1 Å². The van der Waals surface area contributed by atoms with Crippen LogP contribution < -0.4 is 10.1 Å². The van der Waals surface area contributed by atoms with Crippen molar-refractivity contribution in [2.24, 2.45) is 17.8 Å². The van der Waals surface area contributed by atoms with Gasteiger partial charge >= 0.3 is 0 Å². The van der Waals surface area contributed by atoms with Crippen molar-refractivity contribution < 1.29 is 9.15 Å². The van der Waals surface area contributed by atoms with Gasteiger partial charge in [0.05, 0.1) is 17.9 Å². The van der Waals surface area contributed by atoms with Crippen molar-refractivity contribution in [3.05, 3.63) is 36.2 Å². The fraction of sp³-hybridized carbons (Fsp3) is 0.591. The van der Waals surface area contributed by atoms with Crippen molar-refractivity contribution in [1.29, 1.82) is 0 Å². The molecule has 0 saturated heterocycles. The molecule has 6 rings (SSSR count). The maximum Gasteiger partial charge on any atom is 0.229 e. The SMILES string of the molecule is CCOc1ccccc1-c1nc(CNC23CC4CC(CC(C4)C2)C3)co1. The third kappa shape index (κ3) is 2.94. The molecule has 4 aliphatic rings. The van der Waals surface area contributed by atoms with E-state index in [0.717, 1.165) is 41.3 Å². The molecule has 0 atom stereocenters. The number of ether oxygens (including phenoxy) is 1. The summed E-state index contributed by atoms with van der Waals surface area (Å²) < 4.78 is 11.5. The molecule has 26 heavy (non-hydrogen) atoms. The minimum absolute atomic E-state index is 0.358. The number of aromatic nitrogens is 1. The van der Waals surface area contributed by atoms with Crippen molar-refractivity contribution in [1.82, 2.24) is 10.3 Å². The van der Waals surface area contributed by atoms with Crippen molar-refractivity contribution in [3.8, 4) is 17.2 Å². The van der Waals surface area contributed by atoms with Crippen LogP contribution in [0.25, 0.3) is 11.5 Å². The highest BCUT2D eigenvalue weighted by molar-refractivity contribution is 5.62. The molecule has 0 unspecified atom stereocenters. The molecule has 1 aromatic carbocycles. The molecule has 1 N–H and O–H groups in total. The second-order valence-electron chi connectivity index (χ2n) is 8.62. The molecule has 0 radical (unpaired) electrons. The highest BCUT2D eigenvalue weighted by Crippen LogP contribution is 2.55. The predicted octanol–water partition coefficient (Wildman–Crippen LogP) is 4.80. The van der Waals surface area contributed by atoms with Crippen molar-refractivity contribution in [2.75, 3.05) is 6.61 Å². The summed E-state index contributed by atoms with van der Waals surface area (Å²) in [6, 6.07) is 7.95. The number of benzene rings is 1. The van der Waals surface area contributed by atoms with E-state index in [9.17, 15) is 0 Å². The van der Waals surface area contributed by atoms with Gasteiger partial charge in [0, 0.05) is 12.1 Å². The number of para-hydroxylation sites is 1. The molecule has 4 nitrogen and oxygen atoms in total. The van der Waals surface area contributed by atoms with E-state index in [4.69, 9.17) is 14.1 Å². The second-order valence-corrected chi connectivity index (χ2v) is 8.62. The number of rotatable bonds is 6. The smallest absolute Gasteiger partial charge is 0.229 e. The topological polar surface area (TPSA) is 47.3 Å². The van der Waals surface area contributed by atoms with Crippen LogP contribution in [0.15, 0.2) is 34.9 Å². The van der Waals surface area contributed by atoms with E-state index in [0.29, 0.717) is 18.0 Å². The molecule has 4 aliphatic carbocycles. The van der Waals surface area contributed by atoms with Gasteiger partial charge in [-0.05, 0) is 75.3 Å². The Kier molecular flexibility index (Phi) is 4.04. The van der Waals surface area contributed by atoms with E-state index in [1.165, 1.54) is 38.5 Å². The zero-order valence-electron chi connectivity index (χ0n) is 15.5. The third-order valence-corrected chi connectivity index (χ3v) is 6.65. The summed E-state index contributed by atoms with van der Waals surface area (Å²) in [5.41, 5.74) is 2.27. The lowest BCUT2D eigenvalue weighted by Gasteiger charge is -2.57. The molecule has 4 saturated carbocycles. The molecule has 0 aliphatic heterocycles. The molecule has 1 heterocycles. The van der Waals surface area contributed by atoms with Crippen LogP contribution >= 0.6 is 0 Å². The van der Waals surface area contributed by atoms with E-state index in [2.05, 4.69) is 5.32 Å². The van der Waals surface area contributed by atoms with E-state index in [1.54, 1.807) is 6.26 Å². The molecule has 2 aromatic rings. The Bertz CT molecular complexity index is 747. The first-order valence-electron chi connectivity index (χ1n) is 10.1. The Hall–Kier alpha value is -1.81. The lowest BCUT2D eigenvalue weighted by Crippen LogP contribution is -2.58. The second kappa shape index (κ2) is 6.41. The van der Waals surface area contributed by atoms with Gasteiger partial charge in [-0.2, -0.15) is 0 Å². The lowest BCUT2D eigenvalue weighted by molar-refractivity contribution is -0.0207. The van der Waals surface area contributed by atoms with Crippen LogP contribution in [0.4, 0.5) is 0 Å². The minimum Gasteiger partial charge on any atom is -0.493 e. The molecular formula is C22H28N2O2. The van der Waals surface area contributed by atoms with Gasteiger partial charge in [0.25, 0.3) is 0 Å². The molecule has 4 heteroatoms. The Labute approximate surface area is 155 Å². The van der Waals surface area contributed by atoms with Gasteiger partial charge in [0.1, 0.15) is 12.0 Å². The van der Waals surface area contributed by atoms with Crippen molar-refractivity contribution in [2.45, 2.75) is 57.5 Å². The number of nitrogens with one attached hydrogen (secondary N) is 1. The van der Waals surface area contributed by atoms with Crippen molar-refractivity contribution >= 4 is 0 Å². The fourth-order valence-electron chi connectivity index (χ4n) is 6.04. The number of oxazole rings is 1. The summed E-state index contributed by atoms with van der Waals surface area (Å²) in [7, 11) is 0. The first kappa shape index (κ1) is 16.4. The maximum absolute atomic E-state index is 5.78. The third-order valence-electron chi connectivity index (χ3n) is 6.65. The van der Waals surface area contributed by atoms with Gasteiger partial charge in [-0.1, -0.05) is 12.1 Å². The van der Waals surface area contributed by atoms with Crippen LogP contribution in [-0.4, -0.2) is 17.1 Å². The highest BCUT2D eigenvalue weighted by Gasteiger charge is 2.50.